The molecular weight excluding hydrogens is 322 g/mol. The van der Waals surface area contributed by atoms with E-state index in [1.54, 1.807) is 30.3 Å². The van der Waals surface area contributed by atoms with Crippen LogP contribution in [0.25, 0.3) is 6.08 Å². The Morgan fingerprint density at radius 3 is 2.56 bits per heavy atom. The molecule has 1 aliphatic heterocycles. The molecule has 1 N–H and O–H groups in total. The largest absolute Gasteiger partial charge is 0.494 e. The fraction of sp³-hybridized carbons (Fsp3) is 0.389. The molecule has 0 unspecified atom stereocenters. The van der Waals surface area contributed by atoms with E-state index in [0.717, 1.165) is 29.2 Å². The Bertz CT molecular complexity index is 680. The van der Waals surface area contributed by atoms with E-state index in [9.17, 15) is 14.4 Å². The standard InChI is InChI=1S/C18H23N3O4/c1-13(22)21-12-17(23)19-16(18(21)24)11-14-5-7-15(8-6-14)25-10-4-9-20(2)3/h5-8,11H,4,9-10,12H2,1-3H3,(H,19,23)/b16-11-. The first-order chi connectivity index (χ1) is 11.9. The maximum Gasteiger partial charge on any atom is 0.277 e. The van der Waals surface area contributed by atoms with Gasteiger partial charge in [0.1, 0.15) is 18.0 Å². The normalized spacial score (nSPS) is 16.3. The van der Waals surface area contributed by atoms with Gasteiger partial charge in [-0.2, -0.15) is 0 Å². The second-order valence-electron chi connectivity index (χ2n) is 6.09. The maximum absolute atomic E-state index is 12.2. The molecule has 25 heavy (non-hydrogen) atoms. The highest BCUT2D eigenvalue weighted by atomic mass is 16.5. The van der Waals surface area contributed by atoms with Gasteiger partial charge >= 0.3 is 0 Å². The summed E-state index contributed by atoms with van der Waals surface area (Å²) in [5.41, 5.74) is 0.820. The SMILES string of the molecule is CC(=O)N1CC(=O)N/C(=C\c2ccc(OCCCN(C)C)cc2)C1=O. The second-order valence-corrected chi connectivity index (χ2v) is 6.09. The van der Waals surface area contributed by atoms with Gasteiger partial charge in [0.2, 0.25) is 11.8 Å². The number of imide groups is 1. The van der Waals surface area contributed by atoms with Crippen molar-refractivity contribution in [3.8, 4) is 5.75 Å². The molecule has 0 aliphatic carbocycles. The predicted molar refractivity (Wildman–Crippen MR) is 93.6 cm³/mol. The van der Waals surface area contributed by atoms with Gasteiger partial charge in [-0.05, 0) is 44.3 Å². The van der Waals surface area contributed by atoms with E-state index in [2.05, 4.69) is 10.2 Å². The van der Waals surface area contributed by atoms with Crippen LogP contribution in [0.3, 0.4) is 0 Å². The zero-order chi connectivity index (χ0) is 18.4. The minimum Gasteiger partial charge on any atom is -0.494 e. The number of amides is 3. The molecule has 7 nitrogen and oxygen atoms in total. The van der Waals surface area contributed by atoms with E-state index in [4.69, 9.17) is 4.74 Å². The van der Waals surface area contributed by atoms with E-state index in [0.29, 0.717) is 6.61 Å². The Morgan fingerprint density at radius 1 is 1.28 bits per heavy atom. The Morgan fingerprint density at radius 2 is 1.96 bits per heavy atom. The first-order valence-electron chi connectivity index (χ1n) is 8.08. The van der Waals surface area contributed by atoms with Gasteiger partial charge in [0.05, 0.1) is 6.61 Å². The summed E-state index contributed by atoms with van der Waals surface area (Å²) in [7, 11) is 4.03. The Labute approximate surface area is 147 Å². The highest BCUT2D eigenvalue weighted by Crippen LogP contribution is 2.16. The van der Waals surface area contributed by atoms with Crippen LogP contribution in [-0.4, -0.2) is 61.3 Å². The van der Waals surface area contributed by atoms with Crippen LogP contribution in [0, 0.1) is 0 Å². The van der Waals surface area contributed by atoms with Crippen molar-refractivity contribution in [1.82, 2.24) is 15.1 Å². The molecule has 0 atom stereocenters. The molecular formula is C18H23N3O4. The number of ether oxygens (including phenoxy) is 1. The summed E-state index contributed by atoms with van der Waals surface area (Å²) in [5, 5.41) is 2.51. The monoisotopic (exact) mass is 345 g/mol. The molecule has 1 aliphatic rings. The topological polar surface area (TPSA) is 79.0 Å². The third-order valence-corrected chi connectivity index (χ3v) is 3.64. The molecule has 2 rings (SSSR count). The molecule has 1 aromatic rings. The fourth-order valence-electron chi connectivity index (χ4n) is 2.35. The van der Waals surface area contributed by atoms with Gasteiger partial charge < -0.3 is 15.0 Å². The minimum atomic E-state index is -0.504. The van der Waals surface area contributed by atoms with E-state index in [1.807, 2.05) is 14.1 Å². The first-order valence-corrected chi connectivity index (χ1v) is 8.08. The number of carbonyl (C=O) groups is 3. The number of hydrogen-bond acceptors (Lipinski definition) is 5. The molecule has 0 saturated carbocycles. The molecule has 1 aromatic carbocycles. The number of piperazine rings is 1. The van der Waals surface area contributed by atoms with Crippen molar-refractivity contribution in [3.63, 3.8) is 0 Å². The van der Waals surface area contributed by atoms with Crippen LogP contribution in [0.2, 0.25) is 0 Å². The van der Waals surface area contributed by atoms with Crippen LogP contribution in [0.4, 0.5) is 0 Å². The zero-order valence-corrected chi connectivity index (χ0v) is 14.7. The molecule has 7 heteroatoms. The Balaban J connectivity index is 2.01. The van der Waals surface area contributed by atoms with Crippen LogP contribution in [0.15, 0.2) is 30.0 Å². The summed E-state index contributed by atoms with van der Waals surface area (Å²) in [6.45, 7) is 2.60. The molecule has 0 bridgehead atoms. The lowest BCUT2D eigenvalue weighted by molar-refractivity contribution is -0.147. The lowest BCUT2D eigenvalue weighted by Gasteiger charge is -2.25. The van der Waals surface area contributed by atoms with Crippen LogP contribution in [-0.2, 0) is 14.4 Å². The second kappa shape index (κ2) is 8.43. The number of hydrogen-bond donors (Lipinski definition) is 1. The van der Waals surface area contributed by atoms with Crippen molar-refractivity contribution < 1.29 is 19.1 Å². The lowest BCUT2D eigenvalue weighted by atomic mass is 10.1. The molecule has 0 radical (unpaired) electrons. The summed E-state index contributed by atoms with van der Waals surface area (Å²) in [4.78, 5) is 38.3. The zero-order valence-electron chi connectivity index (χ0n) is 14.7. The van der Waals surface area contributed by atoms with Crippen molar-refractivity contribution in [1.29, 1.82) is 0 Å². The summed E-state index contributed by atoms with van der Waals surface area (Å²) in [6.07, 6.45) is 2.48. The van der Waals surface area contributed by atoms with Crippen molar-refractivity contribution in [3.05, 3.63) is 35.5 Å². The van der Waals surface area contributed by atoms with Gasteiger partial charge in [0.15, 0.2) is 0 Å². The van der Waals surface area contributed by atoms with Gasteiger partial charge in [-0.15, -0.1) is 0 Å². The molecule has 3 amide bonds. The van der Waals surface area contributed by atoms with Crippen LogP contribution in [0.1, 0.15) is 18.9 Å². The quantitative estimate of drug-likeness (QED) is 0.611. The van der Waals surface area contributed by atoms with E-state index < -0.39 is 11.8 Å². The highest BCUT2D eigenvalue weighted by molar-refractivity contribution is 6.12. The first kappa shape index (κ1) is 18.7. The van der Waals surface area contributed by atoms with Crippen LogP contribution in [0.5, 0.6) is 5.75 Å². The highest BCUT2D eigenvalue weighted by Gasteiger charge is 2.30. The molecule has 134 valence electrons. The smallest absolute Gasteiger partial charge is 0.277 e. The number of carbonyl (C=O) groups excluding carboxylic acids is 3. The Kier molecular flexibility index (Phi) is 6.30. The van der Waals surface area contributed by atoms with E-state index >= 15 is 0 Å². The van der Waals surface area contributed by atoms with Crippen molar-refractivity contribution in [2.75, 3.05) is 33.8 Å². The van der Waals surface area contributed by atoms with Crippen LogP contribution < -0.4 is 10.1 Å². The van der Waals surface area contributed by atoms with E-state index in [-0.39, 0.29) is 18.1 Å². The molecule has 1 saturated heterocycles. The minimum absolute atomic E-state index is 0.0890. The van der Waals surface area contributed by atoms with Gasteiger partial charge in [0, 0.05) is 13.5 Å². The molecule has 1 heterocycles. The predicted octanol–water partition coefficient (Wildman–Crippen LogP) is 0.863. The fourth-order valence-corrected chi connectivity index (χ4v) is 2.35. The Hall–Kier alpha value is -2.67. The lowest BCUT2D eigenvalue weighted by Crippen LogP contribution is -2.51. The maximum atomic E-state index is 12.2. The average Bonchev–Trinajstić information content (AvgIpc) is 2.55. The third kappa shape index (κ3) is 5.42. The van der Waals surface area contributed by atoms with Gasteiger partial charge in [-0.1, -0.05) is 12.1 Å². The van der Waals surface area contributed by atoms with E-state index in [1.165, 1.54) is 6.92 Å². The molecule has 0 aromatic heterocycles. The third-order valence-electron chi connectivity index (χ3n) is 3.64. The van der Waals surface area contributed by atoms with Crippen LogP contribution >= 0.6 is 0 Å². The number of rotatable bonds is 6. The summed E-state index contributed by atoms with van der Waals surface area (Å²) < 4.78 is 5.65. The average molecular weight is 345 g/mol. The van der Waals surface area contributed by atoms with Crippen molar-refractivity contribution in [2.45, 2.75) is 13.3 Å². The van der Waals surface area contributed by atoms with Gasteiger partial charge in [0.25, 0.3) is 5.91 Å². The molecule has 0 spiro atoms. The number of benzene rings is 1. The van der Waals surface area contributed by atoms with Crippen molar-refractivity contribution >= 4 is 23.8 Å². The van der Waals surface area contributed by atoms with Gasteiger partial charge in [-0.25, -0.2) is 0 Å². The van der Waals surface area contributed by atoms with Gasteiger partial charge in [-0.3, -0.25) is 19.3 Å². The summed E-state index contributed by atoms with van der Waals surface area (Å²) >= 11 is 0. The molecule has 1 fully saturated rings. The summed E-state index contributed by atoms with van der Waals surface area (Å²) in [5.74, 6) is -0.601. The number of nitrogens with zero attached hydrogens (tertiary/aromatic N) is 2. The number of nitrogens with one attached hydrogen (secondary N) is 1. The summed E-state index contributed by atoms with van der Waals surface area (Å²) in [6, 6.07) is 7.20. The van der Waals surface area contributed by atoms with Crippen molar-refractivity contribution in [2.24, 2.45) is 0 Å².